The highest BCUT2D eigenvalue weighted by Crippen LogP contribution is 2.25. The second-order valence-electron chi connectivity index (χ2n) is 7.62. The predicted octanol–water partition coefficient (Wildman–Crippen LogP) is 4.70. The van der Waals surface area contributed by atoms with Crippen LogP contribution in [0.5, 0.6) is 11.5 Å². The van der Waals surface area contributed by atoms with Gasteiger partial charge >= 0.3 is 0 Å². The van der Waals surface area contributed by atoms with Crippen LogP contribution in [0.15, 0.2) is 60.7 Å². The van der Waals surface area contributed by atoms with E-state index in [4.69, 9.17) is 4.74 Å². The van der Waals surface area contributed by atoms with Crippen LogP contribution in [-0.4, -0.2) is 20.5 Å². The van der Waals surface area contributed by atoms with E-state index in [0.717, 1.165) is 45.4 Å². The molecule has 1 amide bonds. The molecule has 0 aliphatic heterocycles. The lowest BCUT2D eigenvalue weighted by atomic mass is 10.1. The lowest BCUT2D eigenvalue weighted by Crippen LogP contribution is -2.23. The molecule has 31 heavy (non-hydrogen) atoms. The number of hydrogen-bond acceptors (Lipinski definition) is 4. The van der Waals surface area contributed by atoms with E-state index in [2.05, 4.69) is 15.4 Å². The van der Waals surface area contributed by atoms with Gasteiger partial charge < -0.3 is 10.1 Å². The molecule has 0 bridgehead atoms. The number of benzene rings is 2. The van der Waals surface area contributed by atoms with Gasteiger partial charge in [-0.3, -0.25) is 4.79 Å². The van der Waals surface area contributed by atoms with E-state index in [-0.39, 0.29) is 5.91 Å². The third-order valence-corrected chi connectivity index (χ3v) is 5.31. The maximum Gasteiger partial charge on any atom is 0.220 e. The number of rotatable bonds is 7. The van der Waals surface area contributed by atoms with Crippen molar-refractivity contribution in [2.24, 2.45) is 0 Å². The maximum atomic E-state index is 12.6. The van der Waals surface area contributed by atoms with Crippen molar-refractivity contribution in [1.82, 2.24) is 19.9 Å². The Morgan fingerprint density at radius 3 is 2.58 bits per heavy atom. The van der Waals surface area contributed by atoms with Gasteiger partial charge in [0.05, 0.1) is 5.69 Å². The molecule has 0 saturated carbocycles. The van der Waals surface area contributed by atoms with E-state index >= 15 is 0 Å². The average Bonchev–Trinajstić information content (AvgIpc) is 3.14. The van der Waals surface area contributed by atoms with Crippen molar-refractivity contribution < 1.29 is 9.53 Å². The second-order valence-corrected chi connectivity index (χ2v) is 7.62. The number of aryl methyl sites for hydroxylation is 3. The summed E-state index contributed by atoms with van der Waals surface area (Å²) in [6.07, 6.45) is 1.00. The van der Waals surface area contributed by atoms with Gasteiger partial charge in [0.1, 0.15) is 11.5 Å². The van der Waals surface area contributed by atoms with E-state index in [1.165, 1.54) is 0 Å². The Hall–Kier alpha value is -3.67. The fourth-order valence-electron chi connectivity index (χ4n) is 3.69. The fraction of sp³-hybridized carbons (Fsp3) is 0.240. The van der Waals surface area contributed by atoms with E-state index in [9.17, 15) is 4.79 Å². The zero-order chi connectivity index (χ0) is 21.8. The predicted molar refractivity (Wildman–Crippen MR) is 120 cm³/mol. The molecule has 4 rings (SSSR count). The first-order chi connectivity index (χ1) is 15.0. The number of aromatic nitrogens is 3. The minimum atomic E-state index is -0.00921. The monoisotopic (exact) mass is 414 g/mol. The molecular formula is C25H26N4O2. The van der Waals surface area contributed by atoms with Crippen LogP contribution >= 0.6 is 0 Å². The van der Waals surface area contributed by atoms with Crippen molar-refractivity contribution in [2.75, 3.05) is 0 Å². The maximum absolute atomic E-state index is 12.6. The summed E-state index contributed by atoms with van der Waals surface area (Å²) in [7, 11) is 0. The largest absolute Gasteiger partial charge is 0.457 e. The molecular weight excluding hydrogens is 388 g/mol. The number of carbonyl (C=O) groups excluding carboxylic acids is 1. The number of para-hydroxylation sites is 2. The number of nitrogens with one attached hydrogen (secondary N) is 1. The highest BCUT2D eigenvalue weighted by atomic mass is 16.5. The van der Waals surface area contributed by atoms with Crippen LogP contribution < -0.4 is 10.1 Å². The zero-order valence-electron chi connectivity index (χ0n) is 18.1. The van der Waals surface area contributed by atoms with Crippen LogP contribution in [0, 0.1) is 20.8 Å². The molecule has 6 heteroatoms. The number of nitrogens with zero attached hydrogens (tertiary/aromatic N) is 3. The normalized spacial score (nSPS) is 10.9. The highest BCUT2D eigenvalue weighted by molar-refractivity contribution is 5.76. The van der Waals surface area contributed by atoms with Crippen molar-refractivity contribution in [2.45, 2.75) is 40.2 Å². The van der Waals surface area contributed by atoms with Gasteiger partial charge in [-0.15, -0.1) is 0 Å². The van der Waals surface area contributed by atoms with Gasteiger partial charge in [-0.05, 0) is 51.0 Å². The van der Waals surface area contributed by atoms with E-state index in [0.29, 0.717) is 19.4 Å². The Balaban J connectivity index is 1.39. The molecule has 4 aromatic rings. The summed E-state index contributed by atoms with van der Waals surface area (Å²) in [5, 5.41) is 7.52. The first-order valence-corrected chi connectivity index (χ1v) is 10.4. The molecule has 2 aromatic carbocycles. The molecule has 0 saturated heterocycles. The van der Waals surface area contributed by atoms with Gasteiger partial charge in [-0.25, -0.2) is 9.50 Å². The molecule has 0 radical (unpaired) electrons. The van der Waals surface area contributed by atoms with Crippen molar-refractivity contribution in [3.8, 4) is 11.5 Å². The van der Waals surface area contributed by atoms with E-state index in [1.54, 1.807) is 0 Å². The molecule has 0 aliphatic carbocycles. The van der Waals surface area contributed by atoms with Crippen LogP contribution in [0.2, 0.25) is 0 Å². The summed E-state index contributed by atoms with van der Waals surface area (Å²) in [4.78, 5) is 17.2. The quantitative estimate of drug-likeness (QED) is 0.476. The summed E-state index contributed by atoms with van der Waals surface area (Å²) in [5.74, 6) is 1.50. The number of carbonyl (C=O) groups is 1. The molecule has 6 nitrogen and oxygen atoms in total. The van der Waals surface area contributed by atoms with Gasteiger partial charge in [-0.1, -0.05) is 36.4 Å². The fourth-order valence-corrected chi connectivity index (χ4v) is 3.69. The van der Waals surface area contributed by atoms with E-state index < -0.39 is 0 Å². The second kappa shape index (κ2) is 9.00. The lowest BCUT2D eigenvalue weighted by Gasteiger charge is -2.13. The van der Waals surface area contributed by atoms with Crippen LogP contribution in [0.25, 0.3) is 5.65 Å². The molecule has 2 aromatic heterocycles. The Kier molecular flexibility index (Phi) is 5.98. The van der Waals surface area contributed by atoms with E-state index in [1.807, 2.05) is 86.0 Å². The van der Waals surface area contributed by atoms with Crippen molar-refractivity contribution in [3.63, 3.8) is 0 Å². The minimum absolute atomic E-state index is 0.00921. The number of fused-ring (bicyclic) bond motifs is 1. The van der Waals surface area contributed by atoms with Crippen LogP contribution in [0.1, 0.15) is 34.6 Å². The first kappa shape index (κ1) is 20.6. The molecule has 0 spiro atoms. The standard InChI is InChI=1S/C25H26N4O2/c1-17-15-24-27-18(2)22(19(3)29(24)28-17)13-14-25(30)26-16-20-9-7-8-12-23(20)31-21-10-5-4-6-11-21/h4-12,15H,13-14,16H2,1-3H3,(H,26,30). The van der Waals surface area contributed by atoms with Crippen LogP contribution in [0.4, 0.5) is 0 Å². The zero-order valence-corrected chi connectivity index (χ0v) is 18.1. The Morgan fingerprint density at radius 2 is 1.77 bits per heavy atom. The van der Waals surface area contributed by atoms with Crippen LogP contribution in [0.3, 0.4) is 0 Å². The first-order valence-electron chi connectivity index (χ1n) is 10.4. The smallest absolute Gasteiger partial charge is 0.220 e. The average molecular weight is 415 g/mol. The van der Waals surface area contributed by atoms with Crippen LogP contribution in [-0.2, 0) is 17.8 Å². The van der Waals surface area contributed by atoms with Gasteiger partial charge in [-0.2, -0.15) is 5.10 Å². The molecule has 158 valence electrons. The molecule has 1 N–H and O–H groups in total. The van der Waals surface area contributed by atoms with Gasteiger partial charge in [0.2, 0.25) is 5.91 Å². The van der Waals surface area contributed by atoms with Crippen molar-refractivity contribution >= 4 is 11.6 Å². The number of amides is 1. The topological polar surface area (TPSA) is 68.5 Å². The van der Waals surface area contributed by atoms with Crippen molar-refractivity contribution in [1.29, 1.82) is 0 Å². The highest BCUT2D eigenvalue weighted by Gasteiger charge is 2.13. The summed E-state index contributed by atoms with van der Waals surface area (Å²) < 4.78 is 7.83. The summed E-state index contributed by atoms with van der Waals surface area (Å²) in [6, 6.07) is 19.3. The molecule has 2 heterocycles. The lowest BCUT2D eigenvalue weighted by molar-refractivity contribution is -0.121. The summed E-state index contributed by atoms with van der Waals surface area (Å²) in [6.45, 7) is 6.38. The Labute approximate surface area is 181 Å². The minimum Gasteiger partial charge on any atom is -0.457 e. The van der Waals surface area contributed by atoms with Gasteiger partial charge in [0, 0.05) is 36.0 Å². The Bertz CT molecular complexity index is 1220. The number of hydrogen-bond donors (Lipinski definition) is 1. The van der Waals surface area contributed by atoms with Crippen molar-refractivity contribution in [3.05, 3.63) is 88.9 Å². The summed E-state index contributed by atoms with van der Waals surface area (Å²) >= 11 is 0. The molecule has 0 aliphatic rings. The SMILES string of the molecule is Cc1cc2nc(C)c(CCC(=O)NCc3ccccc3Oc3ccccc3)c(C)n2n1. The van der Waals surface area contributed by atoms with Gasteiger partial charge in [0.25, 0.3) is 0 Å². The third kappa shape index (κ3) is 4.74. The Morgan fingerprint density at radius 1 is 1.03 bits per heavy atom. The number of ether oxygens (including phenoxy) is 1. The molecule has 0 fully saturated rings. The molecule has 0 unspecified atom stereocenters. The summed E-state index contributed by atoms with van der Waals surface area (Å²) in [5.41, 5.74) is 5.75. The van der Waals surface area contributed by atoms with Gasteiger partial charge in [0.15, 0.2) is 5.65 Å². The third-order valence-electron chi connectivity index (χ3n) is 5.31. The molecule has 0 atom stereocenters.